The summed E-state index contributed by atoms with van der Waals surface area (Å²) in [7, 11) is 0. The molecular formula is C21H35N3O4. The number of benzene rings is 1. The van der Waals surface area contributed by atoms with Crippen molar-refractivity contribution in [2.75, 3.05) is 26.4 Å². The highest BCUT2D eigenvalue weighted by Crippen LogP contribution is 2.26. The van der Waals surface area contributed by atoms with Crippen molar-refractivity contribution in [1.29, 1.82) is 0 Å². The lowest BCUT2D eigenvalue weighted by Crippen LogP contribution is -2.21. The van der Waals surface area contributed by atoms with Crippen molar-refractivity contribution in [3.05, 3.63) is 35.9 Å². The van der Waals surface area contributed by atoms with Gasteiger partial charge in [0.2, 0.25) is 0 Å². The maximum atomic E-state index is 9.20. The molecule has 0 amide bonds. The Kier molecular flexibility index (Phi) is 12.7. The molecule has 0 radical (unpaired) electrons. The van der Waals surface area contributed by atoms with Gasteiger partial charge in [-0.25, -0.2) is 4.99 Å². The third-order valence-corrected chi connectivity index (χ3v) is 4.27. The summed E-state index contributed by atoms with van der Waals surface area (Å²) in [6, 6.07) is 5.50. The van der Waals surface area contributed by atoms with Crippen LogP contribution in [0.4, 0.5) is 5.69 Å². The summed E-state index contributed by atoms with van der Waals surface area (Å²) in [5, 5.41) is 18.2. The molecule has 0 fully saturated rings. The van der Waals surface area contributed by atoms with Gasteiger partial charge in [-0.1, -0.05) is 19.1 Å². The molecule has 0 spiro atoms. The minimum atomic E-state index is 0.00199. The summed E-state index contributed by atoms with van der Waals surface area (Å²) < 4.78 is 11.7. The molecule has 0 aliphatic heterocycles. The van der Waals surface area contributed by atoms with Crippen LogP contribution in [0.2, 0.25) is 0 Å². The minimum Gasteiger partial charge on any atom is -0.493 e. The molecule has 6 N–H and O–H groups in total. The average Bonchev–Trinajstić information content (AvgIpc) is 2.67. The molecule has 1 unspecified atom stereocenters. The van der Waals surface area contributed by atoms with Crippen LogP contribution in [0.1, 0.15) is 44.6 Å². The number of hydrogen-bond acceptors (Lipinski definition) is 5. The fraction of sp³-hybridized carbons (Fsp3) is 0.571. The second-order valence-electron chi connectivity index (χ2n) is 6.60. The third-order valence-electron chi connectivity index (χ3n) is 4.27. The maximum Gasteiger partial charge on any atom is 0.191 e. The highest BCUT2D eigenvalue weighted by molar-refractivity contribution is 5.79. The maximum absolute atomic E-state index is 9.20. The Morgan fingerprint density at radius 1 is 1.14 bits per heavy atom. The second kappa shape index (κ2) is 14.9. The Hall–Kier alpha value is -2.09. The number of aliphatic imine (C=N–C) groups is 1. The number of nitrogens with two attached hydrogens (primary N) is 2. The van der Waals surface area contributed by atoms with E-state index in [9.17, 15) is 5.11 Å². The number of hydrogen-bond donors (Lipinski definition) is 4. The Morgan fingerprint density at radius 2 is 1.96 bits per heavy atom. The Balaban J connectivity index is 2.72. The quantitative estimate of drug-likeness (QED) is 0.157. The van der Waals surface area contributed by atoms with E-state index < -0.39 is 0 Å². The lowest BCUT2D eigenvalue weighted by molar-refractivity contribution is 0.144. The molecule has 0 bridgehead atoms. The number of allylic oxidation sites excluding steroid dienone is 1. The summed E-state index contributed by atoms with van der Waals surface area (Å²) in [5.74, 6) is 1.07. The van der Waals surface area contributed by atoms with E-state index in [0.717, 1.165) is 37.0 Å². The van der Waals surface area contributed by atoms with E-state index in [4.69, 9.17) is 26.0 Å². The number of aliphatic hydroxyl groups excluding tert-OH is 2. The van der Waals surface area contributed by atoms with Crippen molar-refractivity contribution in [3.8, 4) is 5.75 Å². The van der Waals surface area contributed by atoms with Gasteiger partial charge in [-0.05, 0) is 56.2 Å². The van der Waals surface area contributed by atoms with Gasteiger partial charge in [0, 0.05) is 18.8 Å². The van der Waals surface area contributed by atoms with Crippen LogP contribution in [0, 0.1) is 5.92 Å². The summed E-state index contributed by atoms with van der Waals surface area (Å²) in [6.45, 7) is 3.84. The van der Waals surface area contributed by atoms with Crippen LogP contribution in [-0.4, -0.2) is 42.6 Å². The summed E-state index contributed by atoms with van der Waals surface area (Å²) in [6.07, 6.45) is 8.17. The summed E-state index contributed by atoms with van der Waals surface area (Å²) >= 11 is 0. The minimum absolute atomic E-state index is 0.00199. The second-order valence-corrected chi connectivity index (χ2v) is 6.60. The number of nitrogens with zero attached hydrogens (tertiary/aromatic N) is 1. The first kappa shape index (κ1) is 23.9. The Morgan fingerprint density at radius 3 is 2.64 bits per heavy atom. The van der Waals surface area contributed by atoms with E-state index in [2.05, 4.69) is 18.0 Å². The zero-order valence-corrected chi connectivity index (χ0v) is 16.8. The van der Waals surface area contributed by atoms with E-state index in [1.165, 1.54) is 0 Å². The average molecular weight is 394 g/mol. The van der Waals surface area contributed by atoms with E-state index in [1.807, 2.05) is 18.2 Å². The molecule has 158 valence electrons. The molecule has 0 aromatic heterocycles. The van der Waals surface area contributed by atoms with E-state index >= 15 is 0 Å². The molecule has 7 heteroatoms. The molecule has 1 aromatic rings. The van der Waals surface area contributed by atoms with Crippen molar-refractivity contribution in [2.24, 2.45) is 22.4 Å². The van der Waals surface area contributed by atoms with Crippen molar-refractivity contribution in [3.63, 3.8) is 0 Å². The predicted octanol–water partition coefficient (Wildman–Crippen LogP) is 2.61. The van der Waals surface area contributed by atoms with Crippen LogP contribution in [-0.2, 0) is 11.3 Å². The van der Waals surface area contributed by atoms with Gasteiger partial charge in [0.1, 0.15) is 5.75 Å². The third kappa shape index (κ3) is 10.3. The molecule has 7 nitrogen and oxygen atoms in total. The van der Waals surface area contributed by atoms with Gasteiger partial charge in [0.15, 0.2) is 5.96 Å². The van der Waals surface area contributed by atoms with Gasteiger partial charge >= 0.3 is 0 Å². The van der Waals surface area contributed by atoms with E-state index in [0.29, 0.717) is 37.8 Å². The molecule has 0 aliphatic rings. The molecule has 1 rings (SSSR count). The predicted molar refractivity (Wildman–Crippen MR) is 113 cm³/mol. The molecule has 1 aromatic carbocycles. The van der Waals surface area contributed by atoms with Crippen LogP contribution < -0.4 is 16.2 Å². The van der Waals surface area contributed by atoms with Crippen LogP contribution >= 0.6 is 0 Å². The summed E-state index contributed by atoms with van der Waals surface area (Å²) in [5.41, 5.74) is 12.5. The zero-order valence-electron chi connectivity index (χ0n) is 16.8. The van der Waals surface area contributed by atoms with Crippen LogP contribution in [0.5, 0.6) is 5.75 Å². The first-order valence-corrected chi connectivity index (χ1v) is 9.90. The SMILES string of the molecule is CC/C=C/COCc1cc(N=C(N)N)ccc1OCCC(CCO)CCCO. The molecular weight excluding hydrogens is 358 g/mol. The molecule has 0 saturated carbocycles. The highest BCUT2D eigenvalue weighted by Gasteiger charge is 2.10. The summed E-state index contributed by atoms with van der Waals surface area (Å²) in [4.78, 5) is 4.08. The smallest absolute Gasteiger partial charge is 0.191 e. The fourth-order valence-electron chi connectivity index (χ4n) is 2.84. The Bertz CT molecular complexity index is 601. The molecule has 0 aliphatic carbocycles. The topological polar surface area (TPSA) is 123 Å². The van der Waals surface area contributed by atoms with Gasteiger partial charge in [-0.2, -0.15) is 0 Å². The largest absolute Gasteiger partial charge is 0.493 e. The highest BCUT2D eigenvalue weighted by atomic mass is 16.5. The number of guanidine groups is 1. The van der Waals surface area contributed by atoms with Crippen LogP contribution in [0.15, 0.2) is 35.3 Å². The number of aliphatic hydroxyl groups is 2. The van der Waals surface area contributed by atoms with Gasteiger partial charge in [-0.3, -0.25) is 0 Å². The van der Waals surface area contributed by atoms with Gasteiger partial charge in [0.05, 0.1) is 25.5 Å². The fourth-order valence-corrected chi connectivity index (χ4v) is 2.84. The normalized spacial score (nSPS) is 12.2. The lowest BCUT2D eigenvalue weighted by Gasteiger charge is -2.17. The van der Waals surface area contributed by atoms with E-state index in [-0.39, 0.29) is 19.2 Å². The Labute approximate surface area is 168 Å². The first-order valence-electron chi connectivity index (χ1n) is 9.90. The number of rotatable bonds is 15. The molecule has 0 heterocycles. The lowest BCUT2D eigenvalue weighted by atomic mass is 9.97. The van der Waals surface area contributed by atoms with Crippen molar-refractivity contribution in [2.45, 2.75) is 45.6 Å². The standard InChI is InChI=1S/C21H35N3O4/c1-2-3-4-13-27-16-18-15-19(24-21(22)23)7-8-20(18)28-14-10-17(9-12-26)6-5-11-25/h3-4,7-8,15,17,25-26H,2,5-6,9-14,16H2,1H3,(H4,22,23,24)/b4-3+. The van der Waals surface area contributed by atoms with Crippen molar-refractivity contribution >= 4 is 11.6 Å². The van der Waals surface area contributed by atoms with Crippen LogP contribution in [0.25, 0.3) is 0 Å². The molecule has 0 saturated heterocycles. The van der Waals surface area contributed by atoms with Gasteiger partial charge < -0.3 is 31.2 Å². The zero-order chi connectivity index (χ0) is 20.6. The monoisotopic (exact) mass is 393 g/mol. The van der Waals surface area contributed by atoms with Gasteiger partial charge in [-0.15, -0.1) is 0 Å². The van der Waals surface area contributed by atoms with Gasteiger partial charge in [0.25, 0.3) is 0 Å². The van der Waals surface area contributed by atoms with Crippen molar-refractivity contribution < 1.29 is 19.7 Å². The molecule has 28 heavy (non-hydrogen) atoms. The van der Waals surface area contributed by atoms with E-state index in [1.54, 1.807) is 6.07 Å². The van der Waals surface area contributed by atoms with Crippen molar-refractivity contribution in [1.82, 2.24) is 0 Å². The van der Waals surface area contributed by atoms with Crippen LogP contribution in [0.3, 0.4) is 0 Å². The first-order chi connectivity index (χ1) is 13.6. The molecule has 1 atom stereocenters. The number of ether oxygens (including phenoxy) is 2.